The summed E-state index contributed by atoms with van der Waals surface area (Å²) in [7, 11) is 0. The molecule has 0 radical (unpaired) electrons. The smallest absolute Gasteiger partial charge is 0.0442 e. The Bertz CT molecular complexity index is 690. The summed E-state index contributed by atoms with van der Waals surface area (Å²) in [5.74, 6) is 0. The summed E-state index contributed by atoms with van der Waals surface area (Å²) in [6.45, 7) is 0. The van der Waals surface area contributed by atoms with Crippen LogP contribution in [0.15, 0.2) is 24.4 Å². The van der Waals surface area contributed by atoms with Crippen molar-refractivity contribution >= 4 is 0 Å². The van der Waals surface area contributed by atoms with Crippen molar-refractivity contribution in [1.29, 1.82) is 0 Å². The monoisotopic (exact) mass is 306 g/mol. The van der Waals surface area contributed by atoms with Crippen molar-refractivity contribution in [1.82, 2.24) is 9.97 Å². The van der Waals surface area contributed by atoms with E-state index in [9.17, 15) is 0 Å². The number of aryl methyl sites for hydroxylation is 6. The molecule has 0 fully saturated rings. The number of nitrogens with zero attached hydrogens (tertiary/aromatic N) is 2. The van der Waals surface area contributed by atoms with Crippen LogP contribution in [0.5, 0.6) is 0 Å². The Morgan fingerprint density at radius 1 is 0.609 bits per heavy atom. The van der Waals surface area contributed by atoms with Crippen LogP contribution >= 0.6 is 0 Å². The molecule has 2 aromatic rings. The summed E-state index contributed by atoms with van der Waals surface area (Å²) in [4.78, 5) is 9.77. The largest absolute Gasteiger partial charge is 0.261 e. The summed E-state index contributed by atoms with van der Waals surface area (Å²) in [6, 6.07) is 6.84. The molecule has 0 saturated carbocycles. The third kappa shape index (κ3) is 3.31. The molecule has 0 N–H and O–H groups in total. The lowest BCUT2D eigenvalue weighted by atomic mass is 9.93. The topological polar surface area (TPSA) is 25.8 Å². The first-order valence-corrected chi connectivity index (χ1v) is 9.33. The van der Waals surface area contributed by atoms with Gasteiger partial charge < -0.3 is 0 Å². The van der Waals surface area contributed by atoms with Gasteiger partial charge in [-0.05, 0) is 80.5 Å². The fraction of sp³-hybridized carbons (Fsp3) is 0.524. The lowest BCUT2D eigenvalue weighted by Gasteiger charge is -2.17. The summed E-state index contributed by atoms with van der Waals surface area (Å²) >= 11 is 0. The van der Waals surface area contributed by atoms with Gasteiger partial charge >= 0.3 is 0 Å². The minimum atomic E-state index is 1.04. The molecule has 2 aromatic heterocycles. The Morgan fingerprint density at radius 2 is 1.30 bits per heavy atom. The van der Waals surface area contributed by atoms with Gasteiger partial charge in [-0.3, -0.25) is 9.97 Å². The maximum Gasteiger partial charge on any atom is 0.0442 e. The van der Waals surface area contributed by atoms with E-state index in [1.54, 1.807) is 5.56 Å². The third-order valence-electron chi connectivity index (χ3n) is 5.44. The van der Waals surface area contributed by atoms with Crippen LogP contribution in [0, 0.1) is 0 Å². The van der Waals surface area contributed by atoms with Crippen molar-refractivity contribution < 1.29 is 0 Å². The van der Waals surface area contributed by atoms with Gasteiger partial charge in [0.2, 0.25) is 0 Å². The maximum absolute atomic E-state index is 5.14. The van der Waals surface area contributed by atoms with Crippen LogP contribution in [0.1, 0.15) is 65.9 Å². The average Bonchev–Trinajstić information content (AvgIpc) is 2.63. The first-order valence-electron chi connectivity index (χ1n) is 9.33. The van der Waals surface area contributed by atoms with Crippen molar-refractivity contribution in [2.24, 2.45) is 0 Å². The second-order valence-corrected chi connectivity index (χ2v) is 7.08. The van der Waals surface area contributed by atoms with Crippen LogP contribution in [0.2, 0.25) is 0 Å². The molecule has 120 valence electrons. The van der Waals surface area contributed by atoms with Gasteiger partial charge in [0.15, 0.2) is 0 Å². The molecule has 4 rings (SSSR count). The highest BCUT2D eigenvalue weighted by atomic mass is 14.7. The van der Waals surface area contributed by atoms with E-state index in [1.165, 1.54) is 79.6 Å². The van der Waals surface area contributed by atoms with Gasteiger partial charge in [-0.15, -0.1) is 0 Å². The molecule has 2 heteroatoms. The molecule has 2 aliphatic rings. The normalized spacial score (nSPS) is 18.3. The zero-order valence-electron chi connectivity index (χ0n) is 14.0. The predicted molar refractivity (Wildman–Crippen MR) is 93.8 cm³/mol. The number of rotatable bonds is 0. The highest BCUT2D eigenvalue weighted by Gasteiger charge is 2.16. The van der Waals surface area contributed by atoms with Crippen LogP contribution in [0.3, 0.4) is 0 Å². The van der Waals surface area contributed by atoms with Crippen molar-refractivity contribution in [3.63, 3.8) is 0 Å². The Labute approximate surface area is 139 Å². The third-order valence-corrected chi connectivity index (χ3v) is 5.44. The first kappa shape index (κ1) is 14.9. The molecular formula is C21H26N2. The van der Waals surface area contributed by atoms with Crippen molar-refractivity contribution in [3.8, 4) is 0 Å². The number of hydrogen-bond acceptors (Lipinski definition) is 2. The molecule has 0 saturated heterocycles. The van der Waals surface area contributed by atoms with E-state index >= 15 is 0 Å². The quantitative estimate of drug-likeness (QED) is 0.720. The maximum atomic E-state index is 5.14. The molecular weight excluding hydrogens is 280 g/mol. The molecule has 0 unspecified atom stereocenters. The van der Waals surface area contributed by atoms with Crippen LogP contribution in [0.25, 0.3) is 0 Å². The number of aromatic nitrogens is 2. The van der Waals surface area contributed by atoms with Crippen LogP contribution < -0.4 is 0 Å². The van der Waals surface area contributed by atoms with Crippen LogP contribution in [-0.4, -0.2) is 9.97 Å². The van der Waals surface area contributed by atoms with Crippen LogP contribution in [-0.2, 0) is 38.5 Å². The molecule has 0 amide bonds. The first-order chi connectivity index (χ1) is 11.4. The van der Waals surface area contributed by atoms with Gasteiger partial charge in [0, 0.05) is 23.3 Å². The minimum Gasteiger partial charge on any atom is -0.261 e. The molecule has 23 heavy (non-hydrogen) atoms. The second-order valence-electron chi connectivity index (χ2n) is 7.08. The minimum absolute atomic E-state index is 1.04. The predicted octanol–water partition coefficient (Wildman–Crippen LogP) is 4.41. The van der Waals surface area contributed by atoms with Crippen molar-refractivity contribution in [3.05, 3.63) is 58.2 Å². The van der Waals surface area contributed by atoms with Gasteiger partial charge in [0.25, 0.3) is 0 Å². The molecule has 2 aliphatic carbocycles. The van der Waals surface area contributed by atoms with Gasteiger partial charge in [-0.1, -0.05) is 25.0 Å². The molecule has 0 spiro atoms. The van der Waals surface area contributed by atoms with Gasteiger partial charge in [0.1, 0.15) is 0 Å². The Hall–Kier alpha value is -1.70. The van der Waals surface area contributed by atoms with Gasteiger partial charge in [-0.25, -0.2) is 0 Å². The fourth-order valence-electron chi connectivity index (χ4n) is 4.14. The molecule has 0 bridgehead atoms. The summed E-state index contributed by atoms with van der Waals surface area (Å²) < 4.78 is 0. The van der Waals surface area contributed by atoms with E-state index < -0.39 is 0 Å². The van der Waals surface area contributed by atoms with E-state index in [-0.39, 0.29) is 0 Å². The number of hydrogen-bond donors (Lipinski definition) is 0. The van der Waals surface area contributed by atoms with Crippen LogP contribution in [0.4, 0.5) is 0 Å². The SMILES string of the molecule is c1cnc2c(c1)CCCc1cc3c(nc1CC2)CCCCCC3. The number of pyridine rings is 2. The van der Waals surface area contributed by atoms with Crippen molar-refractivity contribution in [2.45, 2.75) is 70.6 Å². The van der Waals surface area contributed by atoms with E-state index in [0.717, 1.165) is 19.3 Å². The van der Waals surface area contributed by atoms with E-state index in [1.807, 2.05) is 6.20 Å². The molecule has 0 aromatic carbocycles. The average molecular weight is 306 g/mol. The van der Waals surface area contributed by atoms with E-state index in [0.29, 0.717) is 0 Å². The van der Waals surface area contributed by atoms with Gasteiger partial charge in [-0.2, -0.15) is 0 Å². The second kappa shape index (κ2) is 6.82. The summed E-state index contributed by atoms with van der Waals surface area (Å²) in [6.07, 6.45) is 15.4. The molecule has 0 aliphatic heterocycles. The molecule has 0 atom stereocenters. The summed E-state index contributed by atoms with van der Waals surface area (Å²) in [5, 5.41) is 0. The fourth-order valence-corrected chi connectivity index (χ4v) is 4.14. The highest BCUT2D eigenvalue weighted by molar-refractivity contribution is 5.33. The highest BCUT2D eigenvalue weighted by Crippen LogP contribution is 2.25. The Kier molecular flexibility index (Phi) is 4.41. The molecule has 2 nitrogen and oxygen atoms in total. The molecule has 2 heterocycles. The van der Waals surface area contributed by atoms with E-state index in [2.05, 4.69) is 23.2 Å². The standard InChI is InChI=1S/C21H26N2/c1-2-4-11-20-17(7-3-1)15-18-9-5-8-16-10-6-14-22-19(16)12-13-21(18)23-20/h6,10,14-15H,1-5,7-9,11-13H2. The number of fused-ring (bicyclic) bond motifs is 3. The zero-order chi connectivity index (χ0) is 15.5. The Balaban J connectivity index is 1.66. The van der Waals surface area contributed by atoms with Crippen molar-refractivity contribution in [2.75, 3.05) is 0 Å². The lowest BCUT2D eigenvalue weighted by Crippen LogP contribution is -2.09. The Morgan fingerprint density at radius 3 is 2.22 bits per heavy atom. The zero-order valence-corrected chi connectivity index (χ0v) is 14.0. The van der Waals surface area contributed by atoms with Gasteiger partial charge in [0.05, 0.1) is 0 Å². The summed E-state index contributed by atoms with van der Waals surface area (Å²) in [5.41, 5.74) is 8.52. The van der Waals surface area contributed by atoms with E-state index in [4.69, 9.17) is 4.98 Å². The lowest BCUT2D eigenvalue weighted by molar-refractivity contribution is 0.605.